The molecule has 24 atom stereocenters. The molecule has 7 fully saturated rings. The standard InChI is InChI=1S/C48H80O18/c1-22(2)10-9-14-48(8,66-42-39(60)36(57)33(54)26(20-50)62-42)23-11-16-47(7)31(23)24(52)18-29-45(5)15-13-30(44(3,4)28(45)12-17-46(29,47)6)64-43-40(37(58)34(55)27(21-51)63-43)65-41-38(59)35(56)32(53)25(19-49)61-41/h10,23,25-43,49-51,53-60H,9,11-21H2,1-8H3/t23-,25+,26+,27+,28-,29+,30-,31-,32+,33+,34+,35-,36-,37-,38+,39+,40+,41-,42-,43-,45-,46+,47+,48-/m0/s1. The number of aliphatic hydroxyl groups is 11. The van der Waals surface area contributed by atoms with Crippen LogP contribution in [0, 0.1) is 45.3 Å². The summed E-state index contributed by atoms with van der Waals surface area (Å²) >= 11 is 0. The van der Waals surface area contributed by atoms with Gasteiger partial charge >= 0.3 is 0 Å². The number of fused-ring (bicyclic) bond motifs is 5. The summed E-state index contributed by atoms with van der Waals surface area (Å²) < 4.78 is 37.1. The third kappa shape index (κ3) is 8.70. The van der Waals surface area contributed by atoms with E-state index in [2.05, 4.69) is 40.7 Å². The highest BCUT2D eigenvalue weighted by molar-refractivity contribution is 5.84. The fraction of sp³-hybridized carbons (Fsp3) is 0.938. The maximum atomic E-state index is 15.1. The molecular weight excluding hydrogens is 865 g/mol. The second kappa shape index (κ2) is 19.4. The number of ketones is 1. The van der Waals surface area contributed by atoms with Gasteiger partial charge in [-0.15, -0.1) is 0 Å². The molecule has 11 N–H and O–H groups in total. The van der Waals surface area contributed by atoms with Gasteiger partial charge in [0.1, 0.15) is 79.0 Å². The van der Waals surface area contributed by atoms with Crippen LogP contribution in [0.25, 0.3) is 0 Å². The maximum Gasteiger partial charge on any atom is 0.187 e. The van der Waals surface area contributed by atoms with E-state index in [1.54, 1.807) is 0 Å². The normalized spacial score (nSPS) is 51.3. The SMILES string of the molecule is CC(C)=CCC[C@](C)(O[C@@H]1O[C@H](CO)[C@@H](O)[C@H](O)[C@H]1O)[C@H]1CC[C@]2(C)[C@@H]1C(=O)C[C@@H]1[C@@]3(C)CC[C@H](O[C@@H]4O[C@H](CO)[C@@H](O)[C@H](O)[C@H]4O[C@@H]4O[C@H](CO)[C@@H](O)[C@H](O)[C@H]4O)C(C)(C)[C@@H]3CC[C@]12C. The number of allylic oxidation sites excluding steroid dienone is 2. The lowest BCUT2D eigenvalue weighted by Crippen LogP contribution is -2.67. The molecule has 0 amide bonds. The summed E-state index contributed by atoms with van der Waals surface area (Å²) in [6.45, 7) is 15.2. The molecule has 0 aromatic carbocycles. The Hall–Kier alpha value is -1.27. The van der Waals surface area contributed by atoms with Crippen molar-refractivity contribution in [3.05, 3.63) is 11.6 Å². The van der Waals surface area contributed by atoms with Crippen LogP contribution in [0.15, 0.2) is 11.6 Å². The van der Waals surface area contributed by atoms with Gasteiger partial charge < -0.3 is 84.6 Å². The van der Waals surface area contributed by atoms with Gasteiger partial charge in [0.05, 0.1) is 31.5 Å². The van der Waals surface area contributed by atoms with Crippen molar-refractivity contribution in [2.24, 2.45) is 45.3 Å². The highest BCUT2D eigenvalue weighted by Gasteiger charge is 2.72. The Labute approximate surface area is 388 Å². The highest BCUT2D eigenvalue weighted by atomic mass is 16.8. The van der Waals surface area contributed by atoms with Crippen LogP contribution in [0.5, 0.6) is 0 Å². The number of carbonyl (C=O) groups is 1. The summed E-state index contributed by atoms with van der Waals surface area (Å²) in [5, 5.41) is 116. The second-order valence-electron chi connectivity index (χ2n) is 22.7. The minimum absolute atomic E-state index is 0.00343. The van der Waals surface area contributed by atoms with Gasteiger partial charge in [-0.3, -0.25) is 4.79 Å². The van der Waals surface area contributed by atoms with Crippen LogP contribution in [-0.4, -0.2) is 186 Å². The molecule has 380 valence electrons. The lowest BCUT2D eigenvalue weighted by atomic mass is 9.35. The van der Waals surface area contributed by atoms with E-state index in [0.29, 0.717) is 38.5 Å². The van der Waals surface area contributed by atoms with Gasteiger partial charge in [-0.25, -0.2) is 0 Å². The van der Waals surface area contributed by atoms with Crippen LogP contribution in [0.4, 0.5) is 0 Å². The first-order chi connectivity index (χ1) is 30.8. The summed E-state index contributed by atoms with van der Waals surface area (Å²) in [6, 6.07) is 0. The molecule has 0 unspecified atom stereocenters. The van der Waals surface area contributed by atoms with Crippen molar-refractivity contribution < 1.29 is 89.4 Å². The summed E-state index contributed by atoms with van der Waals surface area (Å²) in [7, 11) is 0. The molecule has 0 bridgehead atoms. The van der Waals surface area contributed by atoms with Gasteiger partial charge in [-0.05, 0) is 112 Å². The molecule has 66 heavy (non-hydrogen) atoms. The van der Waals surface area contributed by atoms with E-state index >= 15 is 4.79 Å². The van der Waals surface area contributed by atoms with Crippen LogP contribution < -0.4 is 0 Å². The Morgan fingerprint density at radius 3 is 1.76 bits per heavy atom. The zero-order chi connectivity index (χ0) is 48.6. The Morgan fingerprint density at radius 1 is 0.652 bits per heavy atom. The zero-order valence-corrected chi connectivity index (χ0v) is 39.9. The van der Waals surface area contributed by atoms with E-state index in [1.807, 2.05) is 20.8 Å². The van der Waals surface area contributed by atoms with E-state index in [1.165, 1.54) is 0 Å². The molecule has 18 heteroatoms. The van der Waals surface area contributed by atoms with E-state index in [9.17, 15) is 56.2 Å². The lowest BCUT2D eigenvalue weighted by molar-refractivity contribution is -0.378. The first kappa shape index (κ1) is 52.6. The van der Waals surface area contributed by atoms with Gasteiger partial charge in [0.25, 0.3) is 0 Å². The molecule has 3 aliphatic heterocycles. The summed E-state index contributed by atoms with van der Waals surface area (Å²) in [5.74, 6) is -0.421. The average molecular weight is 945 g/mol. The van der Waals surface area contributed by atoms with Crippen LogP contribution in [0.2, 0.25) is 0 Å². The van der Waals surface area contributed by atoms with E-state index in [4.69, 9.17) is 28.4 Å². The molecule has 0 aromatic heterocycles. The minimum atomic E-state index is -1.80. The Bertz CT molecular complexity index is 1720. The van der Waals surface area contributed by atoms with Gasteiger partial charge in [0.2, 0.25) is 0 Å². The van der Waals surface area contributed by atoms with E-state index in [0.717, 1.165) is 24.8 Å². The number of carbonyl (C=O) groups excluding carboxylic acids is 1. The quantitative estimate of drug-likeness (QED) is 0.0867. The van der Waals surface area contributed by atoms with E-state index in [-0.39, 0.29) is 40.3 Å². The van der Waals surface area contributed by atoms with Crippen LogP contribution in [0.3, 0.4) is 0 Å². The van der Waals surface area contributed by atoms with Crippen molar-refractivity contribution in [1.82, 2.24) is 0 Å². The highest BCUT2D eigenvalue weighted by Crippen LogP contribution is 2.75. The van der Waals surface area contributed by atoms with Crippen LogP contribution in [0.1, 0.15) is 113 Å². The molecule has 0 aromatic rings. The molecule has 4 saturated carbocycles. The largest absolute Gasteiger partial charge is 0.394 e. The van der Waals surface area contributed by atoms with Crippen molar-refractivity contribution in [2.45, 2.75) is 217 Å². The fourth-order valence-electron chi connectivity index (χ4n) is 14.6. The third-order valence-electron chi connectivity index (χ3n) is 18.6. The van der Waals surface area contributed by atoms with Gasteiger partial charge in [0.15, 0.2) is 18.9 Å². The molecule has 4 aliphatic carbocycles. The van der Waals surface area contributed by atoms with Crippen molar-refractivity contribution in [1.29, 1.82) is 0 Å². The second-order valence-corrected chi connectivity index (χ2v) is 22.7. The predicted octanol–water partition coefficient (Wildman–Crippen LogP) is 0.181. The molecule has 7 rings (SSSR count). The van der Waals surface area contributed by atoms with Crippen molar-refractivity contribution in [3.8, 4) is 0 Å². The average Bonchev–Trinajstić information content (AvgIpc) is 3.65. The topological polar surface area (TPSA) is 295 Å². The molecule has 0 radical (unpaired) electrons. The Morgan fingerprint density at radius 2 is 1.18 bits per heavy atom. The number of rotatable bonds is 13. The first-order valence-electron chi connectivity index (χ1n) is 24.2. The molecule has 3 saturated heterocycles. The van der Waals surface area contributed by atoms with Crippen molar-refractivity contribution >= 4 is 5.78 Å². The lowest BCUT2D eigenvalue weighted by Gasteiger charge is -2.69. The molecule has 7 aliphatic rings. The predicted molar refractivity (Wildman–Crippen MR) is 233 cm³/mol. The van der Waals surface area contributed by atoms with Crippen molar-refractivity contribution in [2.75, 3.05) is 19.8 Å². The number of aliphatic hydroxyl groups excluding tert-OH is 11. The fourth-order valence-corrected chi connectivity index (χ4v) is 14.6. The molecule has 3 heterocycles. The minimum Gasteiger partial charge on any atom is -0.394 e. The number of hydrogen-bond donors (Lipinski definition) is 11. The first-order valence-corrected chi connectivity index (χ1v) is 24.2. The zero-order valence-electron chi connectivity index (χ0n) is 39.9. The van der Waals surface area contributed by atoms with Gasteiger partial charge in [0, 0.05) is 12.3 Å². The van der Waals surface area contributed by atoms with E-state index < -0.39 is 134 Å². The monoisotopic (exact) mass is 945 g/mol. The van der Waals surface area contributed by atoms with Crippen LogP contribution >= 0.6 is 0 Å². The Balaban J connectivity index is 1.13. The smallest absolute Gasteiger partial charge is 0.187 e. The van der Waals surface area contributed by atoms with Crippen molar-refractivity contribution in [3.63, 3.8) is 0 Å². The summed E-state index contributed by atoms with van der Waals surface area (Å²) in [4.78, 5) is 15.1. The third-order valence-corrected chi connectivity index (χ3v) is 18.6. The summed E-state index contributed by atoms with van der Waals surface area (Å²) in [6.07, 6.45) is -15.5. The van der Waals surface area contributed by atoms with Gasteiger partial charge in [-0.1, -0.05) is 46.3 Å². The van der Waals surface area contributed by atoms with Gasteiger partial charge in [-0.2, -0.15) is 0 Å². The number of Topliss-reactive ketones (excluding diaryl/α,β-unsaturated/α-hetero) is 1. The molecule has 0 spiro atoms. The van der Waals surface area contributed by atoms with Crippen LogP contribution in [-0.2, 0) is 33.2 Å². The molecular formula is C48H80O18. The summed E-state index contributed by atoms with van der Waals surface area (Å²) in [5.41, 5.74) is -1.45. The maximum absolute atomic E-state index is 15.1. The Kier molecular flexibility index (Phi) is 15.4. The number of ether oxygens (including phenoxy) is 6. The number of hydrogen-bond acceptors (Lipinski definition) is 18. The molecule has 18 nitrogen and oxygen atoms in total.